The van der Waals surface area contributed by atoms with Crippen LogP contribution in [-0.4, -0.2) is 42.1 Å². The van der Waals surface area contributed by atoms with Crippen LogP contribution in [0.3, 0.4) is 0 Å². The van der Waals surface area contributed by atoms with Crippen molar-refractivity contribution in [3.8, 4) is 5.75 Å². The van der Waals surface area contributed by atoms with Gasteiger partial charge in [0, 0.05) is 6.54 Å². The predicted octanol–water partition coefficient (Wildman–Crippen LogP) is 0.723. The Morgan fingerprint density at radius 2 is 1.59 bits per heavy atom. The molecule has 0 fully saturated rings. The van der Waals surface area contributed by atoms with Crippen molar-refractivity contribution in [2.75, 3.05) is 27.2 Å². The number of rotatable bonds is 6. The van der Waals surface area contributed by atoms with Crippen molar-refractivity contribution in [2.45, 2.75) is 0 Å². The number of hydrogen-bond donors (Lipinski definition) is 2. The van der Waals surface area contributed by atoms with Crippen LogP contribution in [0, 0.1) is 0 Å². The molecule has 2 N–H and O–H groups in total. The Morgan fingerprint density at radius 3 is 2.15 bits per heavy atom. The van der Waals surface area contributed by atoms with E-state index in [4.69, 9.17) is 4.74 Å². The highest BCUT2D eigenvalue weighted by molar-refractivity contribution is 7.08. The lowest BCUT2D eigenvalue weighted by atomic mass is 10.2. The van der Waals surface area contributed by atoms with Gasteiger partial charge < -0.3 is 19.6 Å². The Morgan fingerprint density at radius 1 is 0.963 bits per heavy atom. The molecule has 1 aromatic carbocycles. The molecule has 0 aliphatic heterocycles. The second kappa shape index (κ2) is 8.66. The van der Waals surface area contributed by atoms with Crippen molar-refractivity contribution < 1.29 is 4.74 Å². The summed E-state index contributed by atoms with van der Waals surface area (Å²) in [5.41, 5.74) is 0.992. The van der Waals surface area contributed by atoms with Crippen LogP contribution in [0.2, 0.25) is 0 Å². The van der Waals surface area contributed by atoms with Gasteiger partial charge in [-0.2, -0.15) is 11.3 Å². The number of H-pyrrole nitrogens is 2. The lowest BCUT2D eigenvalue weighted by Crippen LogP contribution is -2.46. The van der Waals surface area contributed by atoms with E-state index in [1.54, 1.807) is 12.2 Å². The third kappa shape index (κ3) is 5.29. The summed E-state index contributed by atoms with van der Waals surface area (Å²) in [6.07, 6.45) is 3.29. The van der Waals surface area contributed by atoms with Gasteiger partial charge in [-0.1, -0.05) is 12.1 Å². The Kier molecular flexibility index (Phi) is 6.05. The van der Waals surface area contributed by atoms with E-state index in [0.29, 0.717) is 6.61 Å². The van der Waals surface area contributed by atoms with E-state index in [1.807, 2.05) is 60.1 Å². The van der Waals surface area contributed by atoms with Gasteiger partial charge in [0.25, 0.3) is 11.1 Å². The second-order valence-electron chi connectivity index (χ2n) is 6.30. The summed E-state index contributed by atoms with van der Waals surface area (Å²) in [5.74, 6) is 0.761. The standard InChI is InChI=1S/C20H21N3O3S/c1-23(2)8-9-26-16-5-3-14(4-6-16)11-17-19(24)22-18(20(25)21-17)12-15-7-10-27-13-15/h3-7,10-13H,8-9H2,1-2H3,(H,21,25)(H,22,24)/b17-11-,18-12-. The number of aromatic nitrogens is 2. The quantitative estimate of drug-likeness (QED) is 0.658. The van der Waals surface area contributed by atoms with Gasteiger partial charge in [0.1, 0.15) is 23.1 Å². The summed E-state index contributed by atoms with van der Waals surface area (Å²) in [5, 5.41) is 4.26. The SMILES string of the molecule is CN(C)CCOc1ccc(/C=c2\[nH]c(=O)/c(=C/c3ccsc3)[nH]c2=O)cc1. The van der Waals surface area contributed by atoms with Crippen molar-refractivity contribution in [3.63, 3.8) is 0 Å². The number of hydrogen-bond acceptors (Lipinski definition) is 5. The monoisotopic (exact) mass is 383 g/mol. The third-order valence-electron chi connectivity index (χ3n) is 3.84. The Hall–Kier alpha value is -2.90. The van der Waals surface area contributed by atoms with Gasteiger partial charge in [-0.25, -0.2) is 0 Å². The predicted molar refractivity (Wildman–Crippen MR) is 109 cm³/mol. The molecule has 0 atom stereocenters. The van der Waals surface area contributed by atoms with Crippen LogP contribution in [0.1, 0.15) is 11.1 Å². The summed E-state index contributed by atoms with van der Waals surface area (Å²) in [6, 6.07) is 9.24. The molecule has 0 unspecified atom stereocenters. The van der Waals surface area contributed by atoms with Crippen molar-refractivity contribution in [3.05, 3.63) is 83.6 Å². The fourth-order valence-electron chi connectivity index (χ4n) is 2.39. The van der Waals surface area contributed by atoms with E-state index in [1.165, 1.54) is 11.3 Å². The molecule has 0 amide bonds. The van der Waals surface area contributed by atoms with Gasteiger partial charge in [-0.15, -0.1) is 0 Å². The lowest BCUT2D eigenvalue weighted by molar-refractivity contribution is 0.261. The first-order valence-electron chi connectivity index (χ1n) is 8.47. The van der Waals surface area contributed by atoms with E-state index in [2.05, 4.69) is 9.97 Å². The van der Waals surface area contributed by atoms with Gasteiger partial charge in [-0.05, 0) is 66.3 Å². The Bertz CT molecular complexity index is 1110. The molecule has 0 saturated heterocycles. The maximum absolute atomic E-state index is 12.3. The first-order valence-corrected chi connectivity index (χ1v) is 9.41. The highest BCUT2D eigenvalue weighted by Gasteiger charge is 1.99. The molecule has 0 aliphatic carbocycles. The maximum atomic E-state index is 12.3. The number of likely N-dealkylation sites (N-methyl/N-ethyl adjacent to an activating group) is 1. The van der Waals surface area contributed by atoms with E-state index in [0.717, 1.165) is 23.4 Å². The average Bonchev–Trinajstić information content (AvgIpc) is 3.13. The Balaban J connectivity index is 1.84. The molecule has 0 spiro atoms. The summed E-state index contributed by atoms with van der Waals surface area (Å²) < 4.78 is 5.65. The Labute approximate surface area is 160 Å². The summed E-state index contributed by atoms with van der Waals surface area (Å²) in [4.78, 5) is 31.9. The fourth-order valence-corrected chi connectivity index (χ4v) is 3.01. The molecule has 7 heteroatoms. The number of nitrogens with one attached hydrogen (secondary N) is 2. The van der Waals surface area contributed by atoms with Gasteiger partial charge in [0.15, 0.2) is 0 Å². The molecule has 6 nitrogen and oxygen atoms in total. The summed E-state index contributed by atoms with van der Waals surface area (Å²) in [7, 11) is 3.98. The number of thiophene rings is 1. The topological polar surface area (TPSA) is 78.2 Å². The average molecular weight is 383 g/mol. The summed E-state index contributed by atoms with van der Waals surface area (Å²) >= 11 is 1.53. The molecule has 27 heavy (non-hydrogen) atoms. The molecule has 0 saturated carbocycles. The van der Waals surface area contributed by atoms with Gasteiger partial charge in [-0.3, -0.25) is 9.59 Å². The zero-order valence-electron chi connectivity index (χ0n) is 15.2. The van der Waals surface area contributed by atoms with E-state index in [9.17, 15) is 9.59 Å². The number of ether oxygens (including phenoxy) is 1. The van der Waals surface area contributed by atoms with Crippen molar-refractivity contribution in [1.29, 1.82) is 0 Å². The zero-order chi connectivity index (χ0) is 19.2. The normalized spacial score (nSPS) is 12.7. The molecule has 2 aromatic heterocycles. The van der Waals surface area contributed by atoms with E-state index >= 15 is 0 Å². The highest BCUT2D eigenvalue weighted by atomic mass is 32.1. The van der Waals surface area contributed by atoms with Crippen molar-refractivity contribution >= 4 is 23.5 Å². The van der Waals surface area contributed by atoms with Gasteiger partial charge in [0.05, 0.1) is 0 Å². The smallest absolute Gasteiger partial charge is 0.272 e. The molecular formula is C20H21N3O3S. The van der Waals surface area contributed by atoms with E-state index in [-0.39, 0.29) is 21.8 Å². The minimum atomic E-state index is -0.345. The largest absolute Gasteiger partial charge is 0.492 e. The molecule has 3 rings (SSSR count). The van der Waals surface area contributed by atoms with Crippen molar-refractivity contribution in [1.82, 2.24) is 14.9 Å². The van der Waals surface area contributed by atoms with Crippen molar-refractivity contribution in [2.24, 2.45) is 0 Å². The van der Waals surface area contributed by atoms with Crippen LogP contribution in [0.5, 0.6) is 5.75 Å². The van der Waals surface area contributed by atoms with Crippen LogP contribution in [0.15, 0.2) is 50.7 Å². The number of benzene rings is 1. The minimum Gasteiger partial charge on any atom is -0.492 e. The molecule has 0 bridgehead atoms. The number of aromatic amines is 2. The molecular weight excluding hydrogens is 362 g/mol. The minimum absolute atomic E-state index is 0.212. The van der Waals surface area contributed by atoms with Crippen LogP contribution >= 0.6 is 11.3 Å². The first kappa shape index (κ1) is 18.9. The zero-order valence-corrected chi connectivity index (χ0v) is 16.0. The van der Waals surface area contributed by atoms with Crippen LogP contribution < -0.4 is 26.6 Å². The van der Waals surface area contributed by atoms with Gasteiger partial charge in [0.2, 0.25) is 0 Å². The van der Waals surface area contributed by atoms with Gasteiger partial charge >= 0.3 is 0 Å². The molecule has 140 valence electrons. The van der Waals surface area contributed by atoms with Crippen LogP contribution in [0.4, 0.5) is 0 Å². The first-order chi connectivity index (χ1) is 13.0. The van der Waals surface area contributed by atoms with Crippen LogP contribution in [-0.2, 0) is 0 Å². The van der Waals surface area contributed by atoms with E-state index < -0.39 is 0 Å². The second-order valence-corrected chi connectivity index (χ2v) is 7.08. The lowest BCUT2D eigenvalue weighted by Gasteiger charge is -2.10. The highest BCUT2D eigenvalue weighted by Crippen LogP contribution is 2.12. The molecule has 0 aliphatic rings. The molecule has 2 heterocycles. The fraction of sp³-hybridized carbons (Fsp3) is 0.200. The molecule has 3 aromatic rings. The summed E-state index contributed by atoms with van der Waals surface area (Å²) in [6.45, 7) is 1.43. The number of nitrogens with zero attached hydrogens (tertiary/aromatic N) is 1. The van der Waals surface area contributed by atoms with Crippen LogP contribution in [0.25, 0.3) is 12.2 Å². The maximum Gasteiger partial charge on any atom is 0.272 e. The third-order valence-corrected chi connectivity index (χ3v) is 4.54. The molecule has 0 radical (unpaired) electrons.